The van der Waals surface area contributed by atoms with E-state index in [0.29, 0.717) is 23.3 Å². The summed E-state index contributed by atoms with van der Waals surface area (Å²) in [7, 11) is 0. The number of aromatic carboxylic acids is 1. The number of carboxylic acid groups (broad SMARTS) is 1. The second-order valence-corrected chi connectivity index (χ2v) is 7.11. The van der Waals surface area contributed by atoms with Crippen molar-refractivity contribution < 1.29 is 9.90 Å². The third kappa shape index (κ3) is 3.94. The highest BCUT2D eigenvalue weighted by atomic mass is 16.4. The monoisotopic (exact) mass is 387 g/mol. The molecule has 3 aromatic heterocycles. The Balaban J connectivity index is 1.63. The van der Waals surface area contributed by atoms with Gasteiger partial charge >= 0.3 is 5.97 Å². The second kappa shape index (κ2) is 7.71. The van der Waals surface area contributed by atoms with Crippen molar-refractivity contribution in [3.8, 4) is 0 Å². The van der Waals surface area contributed by atoms with E-state index in [1.165, 1.54) is 5.56 Å². The number of rotatable bonds is 6. The largest absolute Gasteiger partial charge is 0.478 e. The molecule has 29 heavy (non-hydrogen) atoms. The van der Waals surface area contributed by atoms with E-state index in [1.807, 2.05) is 49.0 Å². The average Bonchev–Trinajstić information content (AvgIpc) is 3.33. The normalized spacial score (nSPS) is 11.7. The lowest BCUT2D eigenvalue weighted by Gasteiger charge is -2.07. The van der Waals surface area contributed by atoms with Crippen molar-refractivity contribution >= 4 is 29.2 Å². The molecule has 0 atom stereocenters. The van der Waals surface area contributed by atoms with Gasteiger partial charge in [0.1, 0.15) is 0 Å². The summed E-state index contributed by atoms with van der Waals surface area (Å²) in [5, 5.41) is 18.8. The van der Waals surface area contributed by atoms with E-state index >= 15 is 0 Å². The molecule has 0 aliphatic carbocycles. The molecule has 0 saturated heterocycles. The summed E-state index contributed by atoms with van der Waals surface area (Å²) in [5.74, 6) is -0.994. The molecule has 0 spiro atoms. The van der Waals surface area contributed by atoms with E-state index in [1.54, 1.807) is 29.2 Å². The van der Waals surface area contributed by atoms with Crippen LogP contribution in [-0.2, 0) is 6.54 Å². The third-order valence-corrected chi connectivity index (χ3v) is 4.59. The van der Waals surface area contributed by atoms with Crippen LogP contribution in [0.25, 0.3) is 23.2 Å². The van der Waals surface area contributed by atoms with Crippen LogP contribution in [0.4, 0.5) is 0 Å². The van der Waals surface area contributed by atoms with Crippen LogP contribution in [0.5, 0.6) is 0 Å². The van der Waals surface area contributed by atoms with E-state index in [2.05, 4.69) is 27.3 Å². The van der Waals surface area contributed by atoms with E-state index in [4.69, 9.17) is 0 Å². The van der Waals surface area contributed by atoms with Crippen molar-refractivity contribution in [1.82, 2.24) is 24.5 Å². The fraction of sp³-hybridized carbons (Fsp3) is 0.182. The van der Waals surface area contributed by atoms with Crippen molar-refractivity contribution in [2.75, 3.05) is 0 Å². The molecule has 0 aliphatic rings. The number of nitrogens with zero attached hydrogens (tertiary/aromatic N) is 5. The fourth-order valence-electron chi connectivity index (χ4n) is 3.18. The number of carboxylic acids is 1. The van der Waals surface area contributed by atoms with Crippen LogP contribution < -0.4 is 0 Å². The molecule has 1 N–H and O–H groups in total. The number of hydrogen-bond donors (Lipinski definition) is 1. The molecule has 146 valence electrons. The molecule has 7 nitrogen and oxygen atoms in total. The van der Waals surface area contributed by atoms with Gasteiger partial charge in [-0.1, -0.05) is 30.3 Å². The number of carbonyl (C=O) groups is 1. The average molecular weight is 387 g/mol. The molecule has 1 aromatic carbocycles. The summed E-state index contributed by atoms with van der Waals surface area (Å²) in [6, 6.07) is 11.8. The Labute approximate surface area is 167 Å². The number of hydrogen-bond acceptors (Lipinski definition) is 4. The summed E-state index contributed by atoms with van der Waals surface area (Å²) in [4.78, 5) is 16.3. The molecule has 0 unspecified atom stereocenters. The Kier molecular flexibility index (Phi) is 4.95. The summed E-state index contributed by atoms with van der Waals surface area (Å²) < 4.78 is 3.60. The Bertz CT molecular complexity index is 1190. The lowest BCUT2D eigenvalue weighted by Crippen LogP contribution is -2.05. The maximum Gasteiger partial charge on any atom is 0.336 e. The third-order valence-electron chi connectivity index (χ3n) is 4.59. The van der Waals surface area contributed by atoms with Crippen molar-refractivity contribution in [3.05, 3.63) is 77.4 Å². The molecular formula is C22H21N5O2. The van der Waals surface area contributed by atoms with Crippen LogP contribution in [0.3, 0.4) is 0 Å². The van der Waals surface area contributed by atoms with Crippen LogP contribution in [0.1, 0.15) is 47.1 Å². The highest BCUT2D eigenvalue weighted by Gasteiger charge is 2.16. The first-order chi connectivity index (χ1) is 14.0. The minimum atomic E-state index is -0.994. The molecule has 0 radical (unpaired) electrons. The van der Waals surface area contributed by atoms with Crippen molar-refractivity contribution in [2.45, 2.75) is 26.4 Å². The SMILES string of the molecule is CC(C)n1ncc2c(C(=O)O)cc(C=Cc3cnn(Cc4ccccc4)c3)nc21. The first-order valence-corrected chi connectivity index (χ1v) is 9.37. The predicted octanol–water partition coefficient (Wildman–Crippen LogP) is 4.13. The molecule has 0 aliphatic heterocycles. The van der Waals surface area contributed by atoms with Crippen LogP contribution >= 0.6 is 0 Å². The zero-order valence-corrected chi connectivity index (χ0v) is 16.2. The van der Waals surface area contributed by atoms with Gasteiger partial charge in [-0.05, 0) is 37.6 Å². The summed E-state index contributed by atoms with van der Waals surface area (Å²) >= 11 is 0. The lowest BCUT2D eigenvalue weighted by atomic mass is 10.1. The number of aromatic nitrogens is 5. The van der Waals surface area contributed by atoms with Crippen LogP contribution in [-0.4, -0.2) is 35.6 Å². The van der Waals surface area contributed by atoms with Gasteiger partial charge in [0, 0.05) is 17.8 Å². The Morgan fingerprint density at radius 1 is 1.14 bits per heavy atom. The van der Waals surface area contributed by atoms with Gasteiger partial charge in [-0.2, -0.15) is 10.2 Å². The fourth-order valence-corrected chi connectivity index (χ4v) is 3.18. The smallest absolute Gasteiger partial charge is 0.336 e. The topological polar surface area (TPSA) is 85.8 Å². The van der Waals surface area contributed by atoms with Crippen LogP contribution in [0, 0.1) is 0 Å². The Morgan fingerprint density at radius 3 is 2.66 bits per heavy atom. The first kappa shape index (κ1) is 18.6. The van der Waals surface area contributed by atoms with Gasteiger partial charge in [0.15, 0.2) is 5.65 Å². The van der Waals surface area contributed by atoms with E-state index < -0.39 is 5.97 Å². The molecule has 0 fully saturated rings. The molecule has 4 rings (SSSR count). The predicted molar refractivity (Wildman–Crippen MR) is 112 cm³/mol. The highest BCUT2D eigenvalue weighted by molar-refractivity contribution is 6.02. The van der Waals surface area contributed by atoms with Crippen LogP contribution in [0.15, 0.2) is 55.0 Å². The maximum absolute atomic E-state index is 11.7. The minimum absolute atomic E-state index is 0.0806. The van der Waals surface area contributed by atoms with E-state index in [-0.39, 0.29) is 11.6 Å². The molecule has 7 heteroatoms. The molecule has 0 bridgehead atoms. The Morgan fingerprint density at radius 2 is 1.93 bits per heavy atom. The molecule has 4 aromatic rings. The standard InChI is InChI=1S/C22H21N5O2/c1-15(2)27-21-20(12-24-27)19(22(28)29)10-18(25-21)9-8-17-11-23-26(14-17)13-16-6-4-3-5-7-16/h3-12,14-15H,13H2,1-2H3,(H,28,29). The van der Waals surface area contributed by atoms with Gasteiger partial charge < -0.3 is 5.11 Å². The highest BCUT2D eigenvalue weighted by Crippen LogP contribution is 2.22. The van der Waals surface area contributed by atoms with Gasteiger partial charge in [-0.25, -0.2) is 14.5 Å². The number of fused-ring (bicyclic) bond motifs is 1. The van der Waals surface area contributed by atoms with Crippen molar-refractivity contribution in [3.63, 3.8) is 0 Å². The van der Waals surface area contributed by atoms with Gasteiger partial charge in [-0.3, -0.25) is 4.68 Å². The number of pyridine rings is 1. The van der Waals surface area contributed by atoms with Gasteiger partial charge in [0.2, 0.25) is 0 Å². The second-order valence-electron chi connectivity index (χ2n) is 7.11. The Hall–Kier alpha value is -3.74. The van der Waals surface area contributed by atoms with Crippen molar-refractivity contribution in [1.29, 1.82) is 0 Å². The summed E-state index contributed by atoms with van der Waals surface area (Å²) in [6.07, 6.45) is 8.96. The van der Waals surface area contributed by atoms with Gasteiger partial charge in [-0.15, -0.1) is 0 Å². The lowest BCUT2D eigenvalue weighted by molar-refractivity contribution is 0.0699. The zero-order valence-electron chi connectivity index (χ0n) is 16.2. The van der Waals surface area contributed by atoms with Gasteiger partial charge in [0.25, 0.3) is 0 Å². The van der Waals surface area contributed by atoms with Crippen LogP contribution in [0.2, 0.25) is 0 Å². The molecule has 0 amide bonds. The minimum Gasteiger partial charge on any atom is -0.478 e. The maximum atomic E-state index is 11.7. The summed E-state index contributed by atoms with van der Waals surface area (Å²) in [5.41, 5.74) is 3.41. The van der Waals surface area contributed by atoms with E-state index in [0.717, 1.165) is 5.56 Å². The quantitative estimate of drug-likeness (QED) is 0.538. The molecule has 3 heterocycles. The zero-order chi connectivity index (χ0) is 20.4. The van der Waals surface area contributed by atoms with Gasteiger partial charge in [0.05, 0.1) is 35.6 Å². The molecule has 0 saturated carbocycles. The molecular weight excluding hydrogens is 366 g/mol. The summed E-state index contributed by atoms with van der Waals surface area (Å²) in [6.45, 7) is 4.66. The van der Waals surface area contributed by atoms with E-state index in [9.17, 15) is 9.90 Å². The van der Waals surface area contributed by atoms with Crippen molar-refractivity contribution in [2.24, 2.45) is 0 Å². The number of benzene rings is 1. The first-order valence-electron chi connectivity index (χ1n) is 9.37.